The Kier molecular flexibility index (Phi) is 4.84. The Hall–Kier alpha value is -1.94. The number of nitrogens with zero attached hydrogens (tertiary/aromatic N) is 1. The van der Waals surface area contributed by atoms with Gasteiger partial charge < -0.3 is 4.74 Å². The topological polar surface area (TPSA) is 48.3 Å². The van der Waals surface area contributed by atoms with Gasteiger partial charge in [0.25, 0.3) is 10.0 Å². The van der Waals surface area contributed by atoms with Crippen molar-refractivity contribution in [1.82, 2.24) is 3.97 Å². The van der Waals surface area contributed by atoms with E-state index in [9.17, 15) is 30.4 Å². The molecule has 10 heteroatoms. The number of alkyl halides is 5. The lowest BCUT2D eigenvalue weighted by atomic mass is 9.83. The van der Waals surface area contributed by atoms with Crippen molar-refractivity contribution >= 4 is 10.0 Å². The number of aromatic nitrogens is 1. The molecule has 1 aromatic heterocycles. The molecule has 0 fully saturated rings. The van der Waals surface area contributed by atoms with Gasteiger partial charge in [0, 0.05) is 18.3 Å². The van der Waals surface area contributed by atoms with Crippen LogP contribution in [0.5, 0.6) is 0 Å². The summed E-state index contributed by atoms with van der Waals surface area (Å²) in [6, 6.07) is 7.19. The molecule has 0 unspecified atom stereocenters. The Morgan fingerprint density at radius 1 is 1.15 bits per heavy atom. The molecule has 1 aromatic carbocycles. The molecule has 0 radical (unpaired) electrons. The molecule has 0 N–H and O–H groups in total. The SMILES string of the molecule is Cc1ccc(S(=O)(=O)n2ccc3c2C[C@](OC(F)F)(C(F)(F)F)CC3)cc1. The van der Waals surface area contributed by atoms with Crippen molar-refractivity contribution in [3.05, 3.63) is 53.3 Å². The zero-order valence-electron chi connectivity index (χ0n) is 14.1. The van der Waals surface area contributed by atoms with Crippen LogP contribution >= 0.6 is 0 Å². The zero-order valence-corrected chi connectivity index (χ0v) is 14.9. The third kappa shape index (κ3) is 3.47. The van der Waals surface area contributed by atoms with Crippen LogP contribution in [0.4, 0.5) is 22.0 Å². The van der Waals surface area contributed by atoms with Crippen LogP contribution in [0.15, 0.2) is 41.4 Å². The summed E-state index contributed by atoms with van der Waals surface area (Å²) in [7, 11) is -4.17. The Morgan fingerprint density at radius 2 is 1.78 bits per heavy atom. The highest BCUT2D eigenvalue weighted by molar-refractivity contribution is 7.90. The summed E-state index contributed by atoms with van der Waals surface area (Å²) in [6.07, 6.45) is -5.87. The molecule has 1 heterocycles. The van der Waals surface area contributed by atoms with E-state index in [1.165, 1.54) is 18.2 Å². The number of ether oxygens (including phenoxy) is 1. The van der Waals surface area contributed by atoms with Crippen molar-refractivity contribution in [2.75, 3.05) is 0 Å². The fourth-order valence-electron chi connectivity index (χ4n) is 3.23. The number of hydrogen-bond acceptors (Lipinski definition) is 3. The third-order valence-corrected chi connectivity index (χ3v) is 6.44. The van der Waals surface area contributed by atoms with E-state index in [0.717, 1.165) is 15.7 Å². The van der Waals surface area contributed by atoms with Gasteiger partial charge in [-0.1, -0.05) is 17.7 Å². The minimum absolute atomic E-state index is 0.107. The molecule has 0 saturated heterocycles. The molecule has 0 saturated carbocycles. The van der Waals surface area contributed by atoms with Gasteiger partial charge in [-0.15, -0.1) is 0 Å². The first-order valence-electron chi connectivity index (χ1n) is 8.00. The molecule has 2 aromatic rings. The maximum Gasteiger partial charge on any atom is 0.418 e. The zero-order chi connectivity index (χ0) is 20.0. The summed E-state index contributed by atoms with van der Waals surface area (Å²) < 4.78 is 96.4. The van der Waals surface area contributed by atoms with E-state index in [1.807, 2.05) is 0 Å². The van der Waals surface area contributed by atoms with Crippen molar-refractivity contribution in [2.45, 2.75) is 49.5 Å². The standard InChI is InChI=1S/C17H16F5NO3S/c1-11-2-4-13(5-3-11)27(24,25)23-9-7-12-6-8-16(10-14(12)23,17(20,21)22)26-15(18)19/h2-5,7,9,15H,6,8,10H2,1H3/t16-/m0/s1. The third-order valence-electron chi connectivity index (χ3n) is 4.71. The molecule has 3 rings (SSSR count). The highest BCUT2D eigenvalue weighted by Crippen LogP contribution is 2.45. The van der Waals surface area contributed by atoms with E-state index in [2.05, 4.69) is 4.74 Å². The van der Waals surface area contributed by atoms with Crippen LogP contribution in [0.25, 0.3) is 0 Å². The molecular formula is C17H16F5NO3S. The summed E-state index contributed by atoms with van der Waals surface area (Å²) in [5.41, 5.74) is -2.15. The number of aryl methyl sites for hydroxylation is 2. The maximum absolute atomic E-state index is 13.5. The summed E-state index contributed by atoms with van der Waals surface area (Å²) in [6.45, 7) is -1.88. The van der Waals surface area contributed by atoms with Gasteiger partial charge in [0.2, 0.25) is 0 Å². The van der Waals surface area contributed by atoms with Gasteiger partial charge in [-0.3, -0.25) is 0 Å². The molecule has 0 aliphatic heterocycles. The number of rotatable bonds is 4. The number of benzene rings is 1. The van der Waals surface area contributed by atoms with Gasteiger partial charge in [-0.25, -0.2) is 12.4 Å². The molecule has 1 aliphatic carbocycles. The second-order valence-electron chi connectivity index (χ2n) is 6.45. The largest absolute Gasteiger partial charge is 0.418 e. The first kappa shape index (κ1) is 19.8. The summed E-state index contributed by atoms with van der Waals surface area (Å²) in [4.78, 5) is -0.107. The summed E-state index contributed by atoms with van der Waals surface area (Å²) >= 11 is 0. The Balaban J connectivity index is 2.07. The van der Waals surface area contributed by atoms with Crippen LogP contribution in [0.1, 0.15) is 23.2 Å². The fourth-order valence-corrected chi connectivity index (χ4v) is 4.63. The molecule has 1 aliphatic rings. The average Bonchev–Trinajstić information content (AvgIpc) is 2.97. The quantitative estimate of drug-likeness (QED) is 0.716. The highest BCUT2D eigenvalue weighted by Gasteiger charge is 2.59. The van der Waals surface area contributed by atoms with Crippen LogP contribution in [0.2, 0.25) is 0 Å². The Morgan fingerprint density at radius 3 is 2.33 bits per heavy atom. The smallest absolute Gasteiger partial charge is 0.306 e. The lowest BCUT2D eigenvalue weighted by Crippen LogP contribution is -2.53. The normalized spacial score (nSPS) is 20.7. The van der Waals surface area contributed by atoms with Crippen LogP contribution < -0.4 is 0 Å². The predicted molar refractivity (Wildman–Crippen MR) is 86.1 cm³/mol. The second kappa shape index (κ2) is 6.59. The van der Waals surface area contributed by atoms with Gasteiger partial charge in [-0.2, -0.15) is 22.0 Å². The molecule has 0 spiro atoms. The van der Waals surface area contributed by atoms with Crippen molar-refractivity contribution < 1.29 is 35.1 Å². The first-order chi connectivity index (χ1) is 12.5. The van der Waals surface area contributed by atoms with E-state index in [4.69, 9.17) is 0 Å². The molecule has 27 heavy (non-hydrogen) atoms. The first-order valence-corrected chi connectivity index (χ1v) is 9.44. The molecule has 1 atom stereocenters. The Bertz CT molecular complexity index is 934. The van der Waals surface area contributed by atoms with E-state index in [0.29, 0.717) is 5.56 Å². The summed E-state index contributed by atoms with van der Waals surface area (Å²) in [5.74, 6) is 0. The average molecular weight is 409 g/mol. The van der Waals surface area contributed by atoms with Crippen molar-refractivity contribution in [2.24, 2.45) is 0 Å². The van der Waals surface area contributed by atoms with Gasteiger partial charge in [-0.05, 0) is 43.5 Å². The van der Waals surface area contributed by atoms with E-state index >= 15 is 0 Å². The second-order valence-corrected chi connectivity index (χ2v) is 8.26. The lowest BCUT2D eigenvalue weighted by molar-refractivity contribution is -0.330. The van der Waals surface area contributed by atoms with Crippen LogP contribution in [0, 0.1) is 6.92 Å². The van der Waals surface area contributed by atoms with Crippen LogP contribution in [0.3, 0.4) is 0 Å². The summed E-state index contributed by atoms with van der Waals surface area (Å²) in [5, 5.41) is 0. The molecule has 148 valence electrons. The monoisotopic (exact) mass is 409 g/mol. The molecule has 0 amide bonds. The van der Waals surface area contributed by atoms with Gasteiger partial charge in [0.05, 0.1) is 4.90 Å². The van der Waals surface area contributed by atoms with Gasteiger partial charge >= 0.3 is 12.8 Å². The minimum atomic E-state index is -5.08. The number of halogens is 5. The highest BCUT2D eigenvalue weighted by atomic mass is 32.2. The van der Waals surface area contributed by atoms with Crippen LogP contribution in [-0.4, -0.2) is 30.8 Å². The van der Waals surface area contributed by atoms with E-state index in [-0.39, 0.29) is 17.0 Å². The van der Waals surface area contributed by atoms with E-state index in [1.54, 1.807) is 19.1 Å². The molecule has 0 bridgehead atoms. The van der Waals surface area contributed by atoms with Crippen LogP contribution in [-0.2, 0) is 27.6 Å². The van der Waals surface area contributed by atoms with Gasteiger partial charge in [0.1, 0.15) is 0 Å². The van der Waals surface area contributed by atoms with Gasteiger partial charge in [0.15, 0.2) is 5.60 Å². The minimum Gasteiger partial charge on any atom is -0.306 e. The molecule has 4 nitrogen and oxygen atoms in total. The molecular weight excluding hydrogens is 393 g/mol. The van der Waals surface area contributed by atoms with Crippen molar-refractivity contribution in [3.8, 4) is 0 Å². The van der Waals surface area contributed by atoms with Crippen molar-refractivity contribution in [3.63, 3.8) is 0 Å². The van der Waals surface area contributed by atoms with E-state index < -0.39 is 41.3 Å². The number of fused-ring (bicyclic) bond motifs is 1. The Labute approximate surface area is 152 Å². The maximum atomic E-state index is 13.5. The number of hydrogen-bond donors (Lipinski definition) is 0. The lowest BCUT2D eigenvalue weighted by Gasteiger charge is -2.38. The van der Waals surface area contributed by atoms with Crippen molar-refractivity contribution in [1.29, 1.82) is 0 Å². The predicted octanol–water partition coefficient (Wildman–Crippen LogP) is 4.06. The fraction of sp³-hybridized carbons (Fsp3) is 0.412.